The van der Waals surface area contributed by atoms with Gasteiger partial charge in [-0.25, -0.2) is 15.0 Å². The molecular weight excluding hydrogens is 488 g/mol. The van der Waals surface area contributed by atoms with Crippen LogP contribution in [0.5, 0.6) is 0 Å². The van der Waals surface area contributed by atoms with Crippen molar-refractivity contribution in [2.45, 2.75) is 51.2 Å². The van der Waals surface area contributed by atoms with Gasteiger partial charge in [-0.15, -0.1) is 0 Å². The number of hydrogen-bond acceptors (Lipinski definition) is 8. The van der Waals surface area contributed by atoms with Crippen LogP contribution in [0.1, 0.15) is 40.6 Å². The lowest BCUT2D eigenvalue weighted by molar-refractivity contribution is -0.117. The topological polar surface area (TPSA) is 151 Å². The Labute approximate surface area is 218 Å². The minimum Gasteiger partial charge on any atom is -0.388 e. The number of hydrogen-bond donors (Lipinski definition) is 4. The number of aryl methyl sites for hydroxylation is 2. The first kappa shape index (κ1) is 25.5. The molecule has 196 valence electrons. The van der Waals surface area contributed by atoms with Gasteiger partial charge < -0.3 is 25.6 Å². The molecule has 4 atom stereocenters. The molecule has 2 aromatic heterocycles. The Morgan fingerprint density at radius 3 is 2.53 bits per heavy atom. The Bertz CT molecular complexity index is 1470. The van der Waals surface area contributed by atoms with Crippen LogP contribution in [0.3, 0.4) is 0 Å². The molecule has 1 aliphatic rings. The van der Waals surface area contributed by atoms with Crippen LogP contribution in [-0.4, -0.2) is 59.9 Å². The van der Waals surface area contributed by atoms with E-state index in [1.807, 2.05) is 38.1 Å². The van der Waals surface area contributed by atoms with Gasteiger partial charge in [-0.2, -0.15) is 0 Å². The van der Waals surface area contributed by atoms with Gasteiger partial charge in [0.25, 0.3) is 5.91 Å². The smallest absolute Gasteiger partial charge is 0.256 e. The molecular formula is C27H28N6O5. The Kier molecular flexibility index (Phi) is 7.14. The minimum absolute atomic E-state index is 0.0939. The summed E-state index contributed by atoms with van der Waals surface area (Å²) in [5, 5.41) is 27.0. The predicted octanol–water partition coefficient (Wildman–Crippen LogP) is 2.73. The first-order chi connectivity index (χ1) is 18.3. The van der Waals surface area contributed by atoms with Crippen LogP contribution in [0.4, 0.5) is 11.5 Å². The zero-order chi connectivity index (χ0) is 26.8. The number of amides is 2. The van der Waals surface area contributed by atoms with E-state index < -0.39 is 24.5 Å². The summed E-state index contributed by atoms with van der Waals surface area (Å²) < 4.78 is 7.44. The second-order valence-corrected chi connectivity index (χ2v) is 9.30. The summed E-state index contributed by atoms with van der Waals surface area (Å²) >= 11 is 0. The molecule has 0 bridgehead atoms. The number of rotatable bonds is 7. The molecule has 2 aromatic carbocycles. The maximum absolute atomic E-state index is 12.6. The number of ether oxygens (including phenoxy) is 1. The standard InChI is InChI=1S/C27H28N6O5/c1-15-8-9-18(12-16(15)2)31-20(34)11-10-19-22(35)23(36)27(38-19)33-14-30-21-24(28-13-29-25(21)33)32-26(37)17-6-4-3-5-7-17/h3-9,12-14,19,22-23,27,35-36H,10-11H2,1-2H3,(H,31,34)(H,28,29,32,37)/t19-,22-,23-,27-/m1/s1. The Morgan fingerprint density at radius 1 is 0.974 bits per heavy atom. The molecule has 4 aromatic rings. The number of carbonyl (C=O) groups excluding carboxylic acids is 2. The van der Waals surface area contributed by atoms with Crippen molar-refractivity contribution < 1.29 is 24.5 Å². The van der Waals surface area contributed by atoms with Gasteiger partial charge >= 0.3 is 0 Å². The lowest BCUT2D eigenvalue weighted by Crippen LogP contribution is -2.32. The highest BCUT2D eigenvalue weighted by Gasteiger charge is 2.44. The van der Waals surface area contributed by atoms with Crippen LogP contribution in [-0.2, 0) is 9.53 Å². The largest absolute Gasteiger partial charge is 0.388 e. The van der Waals surface area contributed by atoms with E-state index in [-0.39, 0.29) is 30.5 Å². The monoisotopic (exact) mass is 516 g/mol. The average molecular weight is 517 g/mol. The third-order valence-corrected chi connectivity index (χ3v) is 6.68. The number of nitrogens with zero attached hydrogens (tertiary/aromatic N) is 4. The number of aliphatic hydroxyl groups is 2. The summed E-state index contributed by atoms with van der Waals surface area (Å²) in [5.74, 6) is -0.372. The van der Waals surface area contributed by atoms with E-state index in [2.05, 4.69) is 25.6 Å². The van der Waals surface area contributed by atoms with Crippen molar-refractivity contribution in [1.82, 2.24) is 19.5 Å². The third-order valence-electron chi connectivity index (χ3n) is 6.68. The van der Waals surface area contributed by atoms with Gasteiger partial charge in [0.1, 0.15) is 18.5 Å². The highest BCUT2D eigenvalue weighted by molar-refractivity contribution is 6.06. The highest BCUT2D eigenvalue weighted by Crippen LogP contribution is 2.34. The molecule has 1 aliphatic heterocycles. The molecule has 1 saturated heterocycles. The van der Waals surface area contributed by atoms with E-state index in [4.69, 9.17) is 4.74 Å². The van der Waals surface area contributed by atoms with Crippen LogP contribution in [0.2, 0.25) is 0 Å². The Hall–Kier alpha value is -4.19. The summed E-state index contributed by atoms with van der Waals surface area (Å²) in [6, 6.07) is 14.4. The quantitative estimate of drug-likeness (QED) is 0.293. The lowest BCUT2D eigenvalue weighted by Gasteiger charge is -2.16. The normalized spacial score (nSPS) is 20.9. The van der Waals surface area contributed by atoms with Gasteiger partial charge in [0.15, 0.2) is 23.2 Å². The molecule has 4 N–H and O–H groups in total. The predicted molar refractivity (Wildman–Crippen MR) is 139 cm³/mol. The molecule has 11 nitrogen and oxygen atoms in total. The molecule has 11 heteroatoms. The first-order valence-corrected chi connectivity index (χ1v) is 12.2. The van der Waals surface area contributed by atoms with Crippen molar-refractivity contribution >= 4 is 34.5 Å². The SMILES string of the molecule is Cc1ccc(NC(=O)CC[C@H]2O[C@@H](n3cnc4c(NC(=O)c5ccccc5)ncnc43)[C@H](O)[C@@H]2O)cc1C. The van der Waals surface area contributed by atoms with E-state index in [9.17, 15) is 19.8 Å². The van der Waals surface area contributed by atoms with E-state index in [0.29, 0.717) is 22.4 Å². The fraction of sp³-hybridized carbons (Fsp3) is 0.296. The van der Waals surface area contributed by atoms with Gasteiger partial charge in [-0.05, 0) is 55.7 Å². The van der Waals surface area contributed by atoms with Gasteiger partial charge in [-0.1, -0.05) is 24.3 Å². The number of imidazole rings is 1. The highest BCUT2D eigenvalue weighted by atomic mass is 16.6. The van der Waals surface area contributed by atoms with Crippen LogP contribution in [0.15, 0.2) is 61.2 Å². The molecule has 0 radical (unpaired) electrons. The number of fused-ring (bicyclic) bond motifs is 1. The molecule has 3 heterocycles. The molecule has 2 amide bonds. The van der Waals surface area contributed by atoms with Crippen LogP contribution in [0.25, 0.3) is 11.2 Å². The van der Waals surface area contributed by atoms with Crippen LogP contribution in [0, 0.1) is 13.8 Å². The minimum atomic E-state index is -1.28. The molecule has 1 fully saturated rings. The van der Waals surface area contributed by atoms with Gasteiger partial charge in [0.05, 0.1) is 12.4 Å². The summed E-state index contributed by atoms with van der Waals surface area (Å²) in [4.78, 5) is 37.8. The second kappa shape index (κ2) is 10.7. The maximum Gasteiger partial charge on any atom is 0.256 e. The molecule has 38 heavy (non-hydrogen) atoms. The molecule has 0 saturated carbocycles. The van der Waals surface area contributed by atoms with Crippen LogP contribution < -0.4 is 10.6 Å². The van der Waals surface area contributed by atoms with Crippen molar-refractivity contribution in [3.05, 3.63) is 77.9 Å². The lowest BCUT2D eigenvalue weighted by atomic mass is 10.1. The van der Waals surface area contributed by atoms with Crippen molar-refractivity contribution in [3.63, 3.8) is 0 Å². The van der Waals surface area contributed by atoms with Crippen molar-refractivity contribution in [1.29, 1.82) is 0 Å². The van der Waals surface area contributed by atoms with E-state index in [1.54, 1.807) is 24.3 Å². The first-order valence-electron chi connectivity index (χ1n) is 12.2. The van der Waals surface area contributed by atoms with Crippen molar-refractivity contribution in [3.8, 4) is 0 Å². The number of nitrogens with one attached hydrogen (secondary N) is 2. The zero-order valence-corrected chi connectivity index (χ0v) is 20.9. The van der Waals surface area contributed by atoms with Gasteiger partial charge in [0.2, 0.25) is 5.91 Å². The summed E-state index contributed by atoms with van der Waals surface area (Å²) in [5.41, 5.74) is 3.98. The van der Waals surface area contributed by atoms with Crippen molar-refractivity contribution in [2.24, 2.45) is 0 Å². The summed E-state index contributed by atoms with van der Waals surface area (Å²) in [7, 11) is 0. The Morgan fingerprint density at radius 2 is 1.76 bits per heavy atom. The van der Waals surface area contributed by atoms with E-state index in [1.165, 1.54) is 17.2 Å². The zero-order valence-electron chi connectivity index (χ0n) is 20.9. The number of aromatic nitrogens is 4. The average Bonchev–Trinajstić information content (AvgIpc) is 3.47. The molecule has 5 rings (SSSR count). The third kappa shape index (κ3) is 5.12. The number of aliphatic hydroxyl groups excluding tert-OH is 2. The number of anilines is 2. The fourth-order valence-electron chi connectivity index (χ4n) is 4.41. The second-order valence-electron chi connectivity index (χ2n) is 9.30. The number of benzene rings is 2. The fourth-order valence-corrected chi connectivity index (χ4v) is 4.41. The van der Waals surface area contributed by atoms with E-state index >= 15 is 0 Å². The van der Waals surface area contributed by atoms with Crippen LogP contribution >= 0.6 is 0 Å². The van der Waals surface area contributed by atoms with Crippen molar-refractivity contribution in [2.75, 3.05) is 10.6 Å². The number of carbonyl (C=O) groups is 2. The molecule has 0 unspecified atom stereocenters. The summed E-state index contributed by atoms with van der Waals surface area (Å²) in [6.07, 6.45) is -1.29. The van der Waals surface area contributed by atoms with Gasteiger partial charge in [-0.3, -0.25) is 14.2 Å². The summed E-state index contributed by atoms with van der Waals surface area (Å²) in [6.45, 7) is 3.97. The molecule has 0 spiro atoms. The van der Waals surface area contributed by atoms with Gasteiger partial charge in [0, 0.05) is 17.7 Å². The Balaban J connectivity index is 1.26. The molecule has 0 aliphatic carbocycles. The van der Waals surface area contributed by atoms with E-state index in [0.717, 1.165) is 11.1 Å². The maximum atomic E-state index is 12.6.